The van der Waals surface area contributed by atoms with Gasteiger partial charge in [-0.05, 0) is 5.56 Å². The fourth-order valence-corrected chi connectivity index (χ4v) is 2.40. The lowest BCUT2D eigenvalue weighted by Crippen LogP contribution is -2.11. The van der Waals surface area contributed by atoms with Crippen LogP contribution in [0.1, 0.15) is 15.9 Å². The molecule has 0 aromatic heterocycles. The molecule has 0 fully saturated rings. The van der Waals surface area contributed by atoms with Crippen LogP contribution < -0.4 is 0 Å². The van der Waals surface area contributed by atoms with Crippen molar-refractivity contribution in [1.29, 1.82) is 10.5 Å². The van der Waals surface area contributed by atoms with Crippen molar-refractivity contribution in [3.8, 4) is 12.1 Å². The molecule has 0 amide bonds. The van der Waals surface area contributed by atoms with Crippen LogP contribution in [0.25, 0.3) is 5.57 Å². The van der Waals surface area contributed by atoms with Gasteiger partial charge in [0.15, 0.2) is 5.71 Å². The van der Waals surface area contributed by atoms with Gasteiger partial charge in [-0.3, -0.25) is 9.08 Å². The van der Waals surface area contributed by atoms with Gasteiger partial charge in [0.1, 0.15) is 17.7 Å². The number of nitrogens with zero attached hydrogens (tertiary/aromatic N) is 3. The monoisotopic (exact) mass is 379 g/mol. The van der Waals surface area contributed by atoms with Crippen molar-refractivity contribution in [3.63, 3.8) is 0 Å². The third kappa shape index (κ3) is 5.11. The van der Waals surface area contributed by atoms with Crippen molar-refractivity contribution in [2.75, 3.05) is 6.26 Å². The van der Waals surface area contributed by atoms with E-state index in [1.54, 1.807) is 60.7 Å². The number of carbonyl (C=O) groups is 1. The minimum absolute atomic E-state index is 0.113. The molecule has 2 aromatic rings. The predicted molar refractivity (Wildman–Crippen MR) is 98.7 cm³/mol. The van der Waals surface area contributed by atoms with E-state index in [1.807, 2.05) is 0 Å². The minimum atomic E-state index is -3.98. The highest BCUT2D eigenvalue weighted by Gasteiger charge is 2.23. The van der Waals surface area contributed by atoms with Crippen LogP contribution in [0.15, 0.2) is 71.4 Å². The number of carbonyl (C=O) groups excluding carboxylic acids is 1. The third-order valence-corrected chi connectivity index (χ3v) is 3.64. The lowest BCUT2D eigenvalue weighted by Gasteiger charge is -2.09. The Morgan fingerprint density at radius 3 is 1.89 bits per heavy atom. The molecule has 0 spiro atoms. The molecule has 0 heterocycles. The quantitative estimate of drug-likeness (QED) is 0.250. The Morgan fingerprint density at radius 2 is 1.44 bits per heavy atom. The molecule has 7 nitrogen and oxygen atoms in total. The Hall–Kier alpha value is -3.75. The number of Topliss-reactive ketones (excluding diaryl/α,β-unsaturated/α-hetero) is 1. The van der Waals surface area contributed by atoms with Gasteiger partial charge in [0, 0.05) is 11.1 Å². The van der Waals surface area contributed by atoms with Gasteiger partial charge >= 0.3 is 10.1 Å². The molecule has 0 aliphatic heterocycles. The summed E-state index contributed by atoms with van der Waals surface area (Å²) in [6, 6.07) is 19.7. The number of hydrogen-bond donors (Lipinski definition) is 0. The number of benzene rings is 2. The van der Waals surface area contributed by atoms with E-state index in [2.05, 4.69) is 9.44 Å². The smallest absolute Gasteiger partial charge is 0.288 e. The Kier molecular flexibility index (Phi) is 6.21. The zero-order valence-corrected chi connectivity index (χ0v) is 15.0. The lowest BCUT2D eigenvalue weighted by molar-refractivity contribution is 0.104. The molecule has 0 atom stereocenters. The molecule has 0 radical (unpaired) electrons. The van der Waals surface area contributed by atoms with Crippen LogP contribution in [0.5, 0.6) is 0 Å². The maximum atomic E-state index is 12.8. The van der Waals surface area contributed by atoms with E-state index in [-0.39, 0.29) is 16.7 Å². The second kappa shape index (κ2) is 8.56. The summed E-state index contributed by atoms with van der Waals surface area (Å²) in [7, 11) is -3.98. The summed E-state index contributed by atoms with van der Waals surface area (Å²) in [5.74, 6) is -0.626. The normalized spacial score (nSPS) is 12.3. The van der Waals surface area contributed by atoms with Crippen molar-refractivity contribution < 1.29 is 17.5 Å². The number of rotatable bonds is 6. The van der Waals surface area contributed by atoms with E-state index in [0.717, 1.165) is 6.26 Å². The Morgan fingerprint density at radius 1 is 0.926 bits per heavy atom. The molecule has 2 aromatic carbocycles. The average molecular weight is 379 g/mol. The number of ketones is 1. The molecule has 134 valence electrons. The molecule has 0 saturated carbocycles. The van der Waals surface area contributed by atoms with Gasteiger partial charge in [0.2, 0.25) is 5.78 Å². The molecular formula is C19H13N3O4S. The molecule has 0 saturated heterocycles. The number of allylic oxidation sites excluding steroid dienone is 2. The van der Waals surface area contributed by atoms with Crippen molar-refractivity contribution in [2.45, 2.75) is 0 Å². The van der Waals surface area contributed by atoms with Gasteiger partial charge in [0.05, 0.1) is 6.26 Å². The summed E-state index contributed by atoms with van der Waals surface area (Å²) >= 11 is 0. The Balaban J connectivity index is 2.75. The van der Waals surface area contributed by atoms with Gasteiger partial charge in [0.25, 0.3) is 0 Å². The third-order valence-electron chi connectivity index (χ3n) is 3.29. The first-order valence-corrected chi connectivity index (χ1v) is 9.35. The largest absolute Gasteiger partial charge is 0.325 e. The average Bonchev–Trinajstić information content (AvgIpc) is 2.67. The summed E-state index contributed by atoms with van der Waals surface area (Å²) in [6.45, 7) is 0. The van der Waals surface area contributed by atoms with Crippen LogP contribution in [-0.4, -0.2) is 26.2 Å². The molecule has 0 aliphatic rings. The SMILES string of the molecule is CS(=O)(=O)ON=C(C#N)C(=C(C#N)C(=O)c1ccccc1)c1ccccc1. The highest BCUT2D eigenvalue weighted by Crippen LogP contribution is 2.24. The van der Waals surface area contributed by atoms with Crippen LogP contribution in [0.4, 0.5) is 0 Å². The Labute approximate surface area is 156 Å². The fraction of sp³-hybridized carbons (Fsp3) is 0.0526. The summed E-state index contributed by atoms with van der Waals surface area (Å²) < 4.78 is 26.8. The summed E-state index contributed by atoms with van der Waals surface area (Å²) in [5.41, 5.74) is -0.394. The maximum absolute atomic E-state index is 12.8. The maximum Gasteiger partial charge on any atom is 0.325 e. The van der Waals surface area contributed by atoms with E-state index in [1.165, 1.54) is 12.1 Å². The van der Waals surface area contributed by atoms with Crippen molar-refractivity contribution >= 4 is 27.2 Å². The molecule has 0 N–H and O–H groups in total. The van der Waals surface area contributed by atoms with Crippen LogP contribution >= 0.6 is 0 Å². The standard InChI is InChI=1S/C19H13N3O4S/c1-27(24,25)26-22-17(13-21)18(14-8-4-2-5-9-14)16(12-20)19(23)15-10-6-3-7-11-15/h2-11H,1H3. The summed E-state index contributed by atoms with van der Waals surface area (Å²) in [4.78, 5) is 12.8. The molecule has 0 bridgehead atoms. The number of oxime groups is 1. The van der Waals surface area contributed by atoms with Crippen LogP contribution in [-0.2, 0) is 14.4 Å². The van der Waals surface area contributed by atoms with Gasteiger partial charge < -0.3 is 0 Å². The topological polar surface area (TPSA) is 120 Å². The van der Waals surface area contributed by atoms with E-state index in [9.17, 15) is 23.7 Å². The van der Waals surface area contributed by atoms with Gasteiger partial charge in [-0.1, -0.05) is 65.8 Å². The fourth-order valence-electron chi connectivity index (χ4n) is 2.19. The first kappa shape index (κ1) is 19.6. The molecule has 8 heteroatoms. The van der Waals surface area contributed by atoms with Gasteiger partial charge in [-0.15, -0.1) is 0 Å². The lowest BCUT2D eigenvalue weighted by atomic mass is 9.92. The Bertz CT molecular complexity index is 1090. The van der Waals surface area contributed by atoms with Crippen molar-refractivity contribution in [1.82, 2.24) is 0 Å². The molecule has 27 heavy (non-hydrogen) atoms. The van der Waals surface area contributed by atoms with Gasteiger partial charge in [-0.25, -0.2) is 0 Å². The summed E-state index contributed by atoms with van der Waals surface area (Å²) in [6.07, 6.45) is 0.762. The second-order valence-electron chi connectivity index (χ2n) is 5.25. The van der Waals surface area contributed by atoms with E-state index < -0.39 is 21.6 Å². The zero-order valence-electron chi connectivity index (χ0n) is 14.2. The second-order valence-corrected chi connectivity index (χ2v) is 6.81. The summed E-state index contributed by atoms with van der Waals surface area (Å²) in [5, 5.41) is 22.4. The van der Waals surface area contributed by atoms with Crippen molar-refractivity contribution in [2.24, 2.45) is 5.16 Å². The van der Waals surface area contributed by atoms with Crippen LogP contribution in [0, 0.1) is 22.7 Å². The van der Waals surface area contributed by atoms with Crippen molar-refractivity contribution in [3.05, 3.63) is 77.4 Å². The van der Waals surface area contributed by atoms with Crippen LogP contribution in [0.2, 0.25) is 0 Å². The van der Waals surface area contributed by atoms with Gasteiger partial charge in [-0.2, -0.15) is 18.9 Å². The van der Waals surface area contributed by atoms with E-state index >= 15 is 0 Å². The highest BCUT2D eigenvalue weighted by atomic mass is 32.2. The number of nitriles is 2. The highest BCUT2D eigenvalue weighted by molar-refractivity contribution is 7.85. The molecular weight excluding hydrogens is 366 g/mol. The predicted octanol–water partition coefficient (Wildman–Crippen LogP) is 2.70. The van der Waals surface area contributed by atoms with Crippen LogP contribution in [0.3, 0.4) is 0 Å². The first-order chi connectivity index (χ1) is 12.9. The molecule has 2 rings (SSSR count). The molecule has 0 unspecified atom stereocenters. The minimum Gasteiger partial charge on any atom is -0.288 e. The zero-order chi connectivity index (χ0) is 19.9. The van der Waals surface area contributed by atoms with E-state index in [4.69, 9.17) is 0 Å². The number of hydrogen-bond acceptors (Lipinski definition) is 7. The van der Waals surface area contributed by atoms with E-state index in [0.29, 0.717) is 5.56 Å². The first-order valence-electron chi connectivity index (χ1n) is 7.54. The molecule has 0 aliphatic carbocycles.